The second-order valence-corrected chi connectivity index (χ2v) is 7.42. The Bertz CT molecular complexity index is 916. The van der Waals surface area contributed by atoms with Gasteiger partial charge in [0.2, 0.25) is 5.91 Å². The SMILES string of the molecule is Cc1nc2ccccn2c1CN(C)C(=O)[C@H]1CCCN(Cc2ccco2)C1. The van der Waals surface area contributed by atoms with Crippen LogP contribution in [-0.2, 0) is 17.9 Å². The van der Waals surface area contributed by atoms with Gasteiger partial charge in [-0.3, -0.25) is 9.69 Å². The van der Waals surface area contributed by atoms with Crippen LogP contribution in [0.15, 0.2) is 47.2 Å². The summed E-state index contributed by atoms with van der Waals surface area (Å²) in [5, 5.41) is 0. The summed E-state index contributed by atoms with van der Waals surface area (Å²) in [5.74, 6) is 1.21. The van der Waals surface area contributed by atoms with Crippen molar-refractivity contribution in [3.8, 4) is 0 Å². The van der Waals surface area contributed by atoms with Gasteiger partial charge >= 0.3 is 0 Å². The van der Waals surface area contributed by atoms with Gasteiger partial charge in [0.25, 0.3) is 0 Å². The van der Waals surface area contributed by atoms with E-state index in [1.165, 1.54) is 0 Å². The number of piperidine rings is 1. The van der Waals surface area contributed by atoms with Crippen LogP contribution >= 0.6 is 0 Å². The zero-order chi connectivity index (χ0) is 18.8. The van der Waals surface area contributed by atoms with Crippen molar-refractivity contribution in [2.45, 2.75) is 32.9 Å². The predicted octanol–water partition coefficient (Wildman–Crippen LogP) is 3.11. The lowest BCUT2D eigenvalue weighted by atomic mass is 9.96. The van der Waals surface area contributed by atoms with E-state index in [-0.39, 0.29) is 11.8 Å². The molecule has 0 unspecified atom stereocenters. The molecular formula is C21H26N4O2. The first-order chi connectivity index (χ1) is 13.1. The third-order valence-corrected chi connectivity index (χ3v) is 5.41. The van der Waals surface area contributed by atoms with Crippen molar-refractivity contribution < 1.29 is 9.21 Å². The first-order valence-corrected chi connectivity index (χ1v) is 9.54. The molecule has 0 spiro atoms. The lowest BCUT2D eigenvalue weighted by Crippen LogP contribution is -2.43. The predicted molar refractivity (Wildman–Crippen MR) is 103 cm³/mol. The van der Waals surface area contributed by atoms with E-state index in [1.54, 1.807) is 6.26 Å². The number of furan rings is 1. The maximum atomic E-state index is 13.1. The lowest BCUT2D eigenvalue weighted by Gasteiger charge is -2.33. The number of likely N-dealkylation sites (tertiary alicyclic amines) is 1. The van der Waals surface area contributed by atoms with Crippen LogP contribution in [0.3, 0.4) is 0 Å². The molecule has 0 radical (unpaired) electrons. The topological polar surface area (TPSA) is 54.0 Å². The molecule has 1 aliphatic rings. The van der Waals surface area contributed by atoms with Crippen molar-refractivity contribution in [3.63, 3.8) is 0 Å². The molecule has 4 heterocycles. The molecule has 3 aromatic heterocycles. The first kappa shape index (κ1) is 17.8. The van der Waals surface area contributed by atoms with E-state index < -0.39 is 0 Å². The summed E-state index contributed by atoms with van der Waals surface area (Å²) < 4.78 is 7.53. The van der Waals surface area contributed by atoms with Crippen LogP contribution in [-0.4, -0.2) is 45.2 Å². The Morgan fingerprint density at radius 3 is 3.04 bits per heavy atom. The Morgan fingerprint density at radius 2 is 2.22 bits per heavy atom. The van der Waals surface area contributed by atoms with E-state index in [2.05, 4.69) is 14.3 Å². The lowest BCUT2D eigenvalue weighted by molar-refractivity contribution is -0.136. The molecule has 0 aromatic carbocycles. The van der Waals surface area contributed by atoms with Gasteiger partial charge in [0.05, 0.1) is 36.7 Å². The monoisotopic (exact) mass is 366 g/mol. The van der Waals surface area contributed by atoms with Gasteiger partial charge in [-0.1, -0.05) is 6.07 Å². The number of aryl methyl sites for hydroxylation is 1. The van der Waals surface area contributed by atoms with Crippen LogP contribution in [0, 0.1) is 12.8 Å². The molecule has 0 saturated carbocycles. The Hall–Kier alpha value is -2.60. The number of carbonyl (C=O) groups excluding carboxylic acids is 1. The number of imidazole rings is 1. The molecule has 0 bridgehead atoms. The summed E-state index contributed by atoms with van der Waals surface area (Å²) >= 11 is 0. The van der Waals surface area contributed by atoms with Crippen LogP contribution in [0.2, 0.25) is 0 Å². The summed E-state index contributed by atoms with van der Waals surface area (Å²) in [6.45, 7) is 5.15. The molecule has 1 fully saturated rings. The molecule has 1 atom stereocenters. The number of nitrogens with zero attached hydrogens (tertiary/aromatic N) is 4. The van der Waals surface area contributed by atoms with E-state index in [0.29, 0.717) is 6.54 Å². The first-order valence-electron chi connectivity index (χ1n) is 9.54. The third-order valence-electron chi connectivity index (χ3n) is 5.41. The summed E-state index contributed by atoms with van der Waals surface area (Å²) in [6, 6.07) is 9.87. The van der Waals surface area contributed by atoms with E-state index in [0.717, 1.165) is 55.3 Å². The smallest absolute Gasteiger partial charge is 0.227 e. The molecule has 6 nitrogen and oxygen atoms in total. The maximum absolute atomic E-state index is 13.1. The summed E-state index contributed by atoms with van der Waals surface area (Å²) in [5.41, 5.74) is 2.97. The van der Waals surface area contributed by atoms with Crippen molar-refractivity contribution in [3.05, 3.63) is 59.9 Å². The van der Waals surface area contributed by atoms with Gasteiger partial charge < -0.3 is 13.7 Å². The molecule has 1 saturated heterocycles. The fourth-order valence-electron chi connectivity index (χ4n) is 3.99. The largest absolute Gasteiger partial charge is 0.468 e. The minimum absolute atomic E-state index is 0.0400. The average molecular weight is 366 g/mol. The van der Waals surface area contributed by atoms with Gasteiger partial charge in [-0.25, -0.2) is 4.98 Å². The molecule has 3 aromatic rings. The standard InChI is InChI=1S/C21H26N4O2/c1-16-19(25-11-4-3-9-20(25)22-16)15-23(2)21(26)17-7-5-10-24(13-17)14-18-8-6-12-27-18/h3-4,6,8-9,11-12,17H,5,7,10,13-15H2,1-2H3/t17-/m0/s1. The quantitative estimate of drug-likeness (QED) is 0.696. The number of fused-ring (bicyclic) bond motifs is 1. The van der Waals surface area contributed by atoms with Crippen molar-refractivity contribution in [2.24, 2.45) is 5.92 Å². The van der Waals surface area contributed by atoms with Crippen molar-refractivity contribution in [2.75, 3.05) is 20.1 Å². The normalized spacial score (nSPS) is 18.1. The molecule has 4 rings (SSSR count). The third kappa shape index (κ3) is 3.76. The van der Waals surface area contributed by atoms with E-state index in [4.69, 9.17) is 4.42 Å². The summed E-state index contributed by atoms with van der Waals surface area (Å²) in [6.07, 6.45) is 5.70. The highest BCUT2D eigenvalue weighted by atomic mass is 16.3. The average Bonchev–Trinajstić information content (AvgIpc) is 3.29. The number of aromatic nitrogens is 2. The molecule has 6 heteroatoms. The van der Waals surface area contributed by atoms with Crippen LogP contribution in [0.25, 0.3) is 5.65 Å². The van der Waals surface area contributed by atoms with Crippen molar-refractivity contribution >= 4 is 11.6 Å². The number of hydrogen-bond acceptors (Lipinski definition) is 4. The summed E-state index contributed by atoms with van der Waals surface area (Å²) in [4.78, 5) is 21.8. The molecule has 0 aliphatic carbocycles. The van der Waals surface area contributed by atoms with Gasteiger partial charge in [-0.2, -0.15) is 0 Å². The van der Waals surface area contributed by atoms with Crippen molar-refractivity contribution in [1.29, 1.82) is 0 Å². The highest BCUT2D eigenvalue weighted by molar-refractivity contribution is 5.79. The number of hydrogen-bond donors (Lipinski definition) is 0. The molecule has 1 amide bonds. The van der Waals surface area contributed by atoms with E-state index in [9.17, 15) is 4.79 Å². The Balaban J connectivity index is 1.43. The van der Waals surface area contributed by atoms with Crippen LogP contribution in [0.4, 0.5) is 0 Å². The zero-order valence-electron chi connectivity index (χ0n) is 16.0. The number of amides is 1. The molecule has 1 aliphatic heterocycles. The fraction of sp³-hybridized carbons (Fsp3) is 0.429. The van der Waals surface area contributed by atoms with E-state index in [1.807, 2.05) is 55.4 Å². The van der Waals surface area contributed by atoms with Crippen LogP contribution in [0.1, 0.15) is 30.0 Å². The number of carbonyl (C=O) groups is 1. The molecule has 27 heavy (non-hydrogen) atoms. The second kappa shape index (κ2) is 7.56. The number of pyridine rings is 1. The molecule has 142 valence electrons. The Kier molecular flexibility index (Phi) is 4.99. The highest BCUT2D eigenvalue weighted by Gasteiger charge is 2.29. The number of rotatable bonds is 5. The molecular weight excluding hydrogens is 340 g/mol. The van der Waals surface area contributed by atoms with Gasteiger partial charge in [0.15, 0.2) is 0 Å². The van der Waals surface area contributed by atoms with Gasteiger partial charge in [0, 0.05) is 19.8 Å². The Labute approximate surface area is 159 Å². The Morgan fingerprint density at radius 1 is 1.33 bits per heavy atom. The zero-order valence-corrected chi connectivity index (χ0v) is 16.0. The summed E-state index contributed by atoms with van der Waals surface area (Å²) in [7, 11) is 1.90. The highest BCUT2D eigenvalue weighted by Crippen LogP contribution is 2.22. The van der Waals surface area contributed by atoms with Gasteiger partial charge in [-0.05, 0) is 50.6 Å². The van der Waals surface area contributed by atoms with Gasteiger partial charge in [-0.15, -0.1) is 0 Å². The van der Waals surface area contributed by atoms with Crippen molar-refractivity contribution in [1.82, 2.24) is 19.2 Å². The van der Waals surface area contributed by atoms with Crippen LogP contribution in [0.5, 0.6) is 0 Å². The second-order valence-electron chi connectivity index (χ2n) is 7.42. The van der Waals surface area contributed by atoms with Crippen LogP contribution < -0.4 is 0 Å². The minimum Gasteiger partial charge on any atom is -0.468 e. The van der Waals surface area contributed by atoms with E-state index >= 15 is 0 Å². The maximum Gasteiger partial charge on any atom is 0.227 e. The molecule has 0 N–H and O–H groups in total. The fourth-order valence-corrected chi connectivity index (χ4v) is 3.99. The minimum atomic E-state index is 0.0400. The van der Waals surface area contributed by atoms with Gasteiger partial charge in [0.1, 0.15) is 11.4 Å².